The van der Waals surface area contributed by atoms with Crippen LogP contribution >= 0.6 is 0 Å². The largest absolute Gasteiger partial charge is 0.344 e. The number of nitrogens with one attached hydrogen (secondary N) is 1. The summed E-state index contributed by atoms with van der Waals surface area (Å²) in [5, 5.41) is 3.39. The van der Waals surface area contributed by atoms with Crippen LogP contribution in [0.4, 0.5) is 0 Å². The van der Waals surface area contributed by atoms with E-state index in [1.807, 2.05) is 0 Å². The van der Waals surface area contributed by atoms with Gasteiger partial charge in [-0.15, -0.1) is 0 Å². The lowest BCUT2D eigenvalue weighted by Gasteiger charge is -2.61. The molecule has 4 nitrogen and oxygen atoms in total. The molecule has 20 heavy (non-hydrogen) atoms. The molecule has 0 amide bonds. The fourth-order valence-corrected chi connectivity index (χ4v) is 5.77. The van der Waals surface area contributed by atoms with E-state index >= 15 is 0 Å². The summed E-state index contributed by atoms with van der Waals surface area (Å²) in [4.78, 5) is 12.1. The standard InChI is InChI=1S/C16H25NO3/c1-3-17-4-2-15(1)10-18-16(20-19-15)13-6-11-5-12(8-13)9-14(16)7-11/h11-14,17H,1-10H2. The van der Waals surface area contributed by atoms with E-state index in [4.69, 9.17) is 14.5 Å². The minimum Gasteiger partial charge on any atom is -0.344 e. The van der Waals surface area contributed by atoms with E-state index in [-0.39, 0.29) is 11.4 Å². The molecule has 2 aliphatic heterocycles. The Kier molecular flexibility index (Phi) is 2.59. The molecule has 0 atom stereocenters. The van der Waals surface area contributed by atoms with Gasteiger partial charge in [0.2, 0.25) is 5.79 Å². The van der Waals surface area contributed by atoms with Gasteiger partial charge >= 0.3 is 0 Å². The van der Waals surface area contributed by atoms with Crippen LogP contribution in [0.25, 0.3) is 0 Å². The van der Waals surface area contributed by atoms with Crippen molar-refractivity contribution in [2.45, 2.75) is 56.3 Å². The maximum atomic E-state index is 6.46. The molecule has 4 heteroatoms. The van der Waals surface area contributed by atoms with E-state index in [0.717, 1.165) is 44.4 Å². The molecule has 0 aromatic rings. The Balaban J connectivity index is 1.37. The zero-order valence-corrected chi connectivity index (χ0v) is 12.1. The van der Waals surface area contributed by atoms with Gasteiger partial charge in [0.05, 0.1) is 6.61 Å². The lowest BCUT2D eigenvalue weighted by atomic mass is 9.53. The first-order valence-electron chi connectivity index (χ1n) is 8.50. The summed E-state index contributed by atoms with van der Waals surface area (Å²) in [5.41, 5.74) is -0.175. The third-order valence-corrected chi connectivity index (χ3v) is 6.70. The molecule has 4 saturated carbocycles. The van der Waals surface area contributed by atoms with Crippen molar-refractivity contribution in [3.05, 3.63) is 0 Å². The number of ether oxygens (including phenoxy) is 1. The van der Waals surface area contributed by atoms with Crippen molar-refractivity contribution in [3.63, 3.8) is 0 Å². The molecule has 6 aliphatic rings. The SMILES string of the molecule is C1CC2(CCN1)COC1(OO2)C2CC3CC(C2)CC1C3. The van der Waals surface area contributed by atoms with E-state index in [1.54, 1.807) is 0 Å². The molecule has 0 unspecified atom stereocenters. The second-order valence-electron chi connectivity index (χ2n) is 7.91. The predicted molar refractivity (Wildman–Crippen MR) is 72.7 cm³/mol. The molecule has 2 spiro atoms. The fraction of sp³-hybridized carbons (Fsp3) is 1.00. The highest BCUT2D eigenvalue weighted by atomic mass is 17.2. The van der Waals surface area contributed by atoms with Gasteiger partial charge in [-0.3, -0.25) is 0 Å². The van der Waals surface area contributed by atoms with Gasteiger partial charge in [-0.25, -0.2) is 4.89 Å². The first-order chi connectivity index (χ1) is 9.78. The van der Waals surface area contributed by atoms with Crippen molar-refractivity contribution in [2.24, 2.45) is 23.7 Å². The highest BCUT2D eigenvalue weighted by Gasteiger charge is 2.63. The normalized spacial score (nSPS) is 52.8. The molecule has 112 valence electrons. The fourth-order valence-electron chi connectivity index (χ4n) is 5.77. The number of hydrogen-bond donors (Lipinski definition) is 1. The number of piperidine rings is 1. The maximum Gasteiger partial charge on any atom is 0.207 e. The van der Waals surface area contributed by atoms with Crippen LogP contribution in [-0.4, -0.2) is 31.1 Å². The molecule has 0 aromatic heterocycles. The first-order valence-corrected chi connectivity index (χ1v) is 8.50. The molecule has 6 rings (SSSR count). The summed E-state index contributed by atoms with van der Waals surface area (Å²) in [6, 6.07) is 0. The molecule has 2 heterocycles. The summed E-state index contributed by atoms with van der Waals surface area (Å²) in [7, 11) is 0. The minimum absolute atomic E-state index is 0.175. The van der Waals surface area contributed by atoms with Crippen molar-refractivity contribution in [1.29, 1.82) is 0 Å². The molecule has 2 saturated heterocycles. The number of hydrogen-bond acceptors (Lipinski definition) is 4. The zero-order chi connectivity index (χ0) is 13.2. The van der Waals surface area contributed by atoms with Gasteiger partial charge in [-0.1, -0.05) is 0 Å². The smallest absolute Gasteiger partial charge is 0.207 e. The average Bonchev–Trinajstić information content (AvgIpc) is 2.47. The Bertz CT molecular complexity index is 365. The summed E-state index contributed by atoms with van der Waals surface area (Å²) in [5.74, 6) is 2.65. The van der Waals surface area contributed by atoms with Crippen LogP contribution in [0, 0.1) is 23.7 Å². The molecule has 4 bridgehead atoms. The van der Waals surface area contributed by atoms with E-state index < -0.39 is 0 Å². The Morgan fingerprint density at radius 1 is 0.800 bits per heavy atom. The van der Waals surface area contributed by atoms with Crippen LogP contribution in [0.5, 0.6) is 0 Å². The van der Waals surface area contributed by atoms with Crippen molar-refractivity contribution in [2.75, 3.05) is 19.7 Å². The molecule has 1 N–H and O–H groups in total. The molecular formula is C16H25NO3. The van der Waals surface area contributed by atoms with Crippen molar-refractivity contribution in [1.82, 2.24) is 5.32 Å². The van der Waals surface area contributed by atoms with Gasteiger partial charge in [-0.2, -0.15) is 4.89 Å². The van der Waals surface area contributed by atoms with Crippen molar-refractivity contribution >= 4 is 0 Å². The van der Waals surface area contributed by atoms with E-state index in [9.17, 15) is 0 Å². The van der Waals surface area contributed by atoms with Crippen LogP contribution in [0.3, 0.4) is 0 Å². The Labute approximate surface area is 120 Å². The highest BCUT2D eigenvalue weighted by molar-refractivity contribution is 5.05. The quantitative estimate of drug-likeness (QED) is 0.690. The second-order valence-corrected chi connectivity index (χ2v) is 7.91. The van der Waals surface area contributed by atoms with E-state index in [2.05, 4.69) is 5.32 Å². The van der Waals surface area contributed by atoms with Gasteiger partial charge in [0.1, 0.15) is 5.60 Å². The first kappa shape index (κ1) is 12.4. The number of rotatable bonds is 0. The zero-order valence-electron chi connectivity index (χ0n) is 12.1. The van der Waals surface area contributed by atoms with Crippen molar-refractivity contribution < 1.29 is 14.5 Å². The van der Waals surface area contributed by atoms with Crippen LogP contribution in [0.15, 0.2) is 0 Å². The van der Waals surface area contributed by atoms with Crippen LogP contribution in [0.2, 0.25) is 0 Å². The monoisotopic (exact) mass is 279 g/mol. The molecule has 6 fully saturated rings. The van der Waals surface area contributed by atoms with Crippen LogP contribution in [0.1, 0.15) is 44.9 Å². The van der Waals surface area contributed by atoms with Crippen molar-refractivity contribution in [3.8, 4) is 0 Å². The van der Waals surface area contributed by atoms with Gasteiger partial charge in [-0.05, 0) is 69.9 Å². The topological polar surface area (TPSA) is 39.7 Å². The Morgan fingerprint density at radius 3 is 2.00 bits per heavy atom. The Morgan fingerprint density at radius 2 is 1.45 bits per heavy atom. The predicted octanol–water partition coefficient (Wildman–Crippen LogP) is 2.24. The molecule has 0 radical (unpaired) electrons. The molecular weight excluding hydrogens is 254 g/mol. The van der Waals surface area contributed by atoms with Gasteiger partial charge in [0, 0.05) is 11.8 Å². The summed E-state index contributed by atoms with van der Waals surface area (Å²) in [6.45, 7) is 2.75. The average molecular weight is 279 g/mol. The van der Waals surface area contributed by atoms with Gasteiger partial charge in [0.25, 0.3) is 0 Å². The summed E-state index contributed by atoms with van der Waals surface area (Å²) >= 11 is 0. The van der Waals surface area contributed by atoms with Gasteiger partial charge in [0.15, 0.2) is 0 Å². The minimum atomic E-state index is -0.385. The molecule has 0 aromatic carbocycles. The summed E-state index contributed by atoms with van der Waals surface area (Å²) in [6.07, 6.45) is 8.65. The second kappa shape index (κ2) is 4.19. The van der Waals surface area contributed by atoms with E-state index in [1.165, 1.54) is 32.1 Å². The Hall–Kier alpha value is -0.160. The van der Waals surface area contributed by atoms with E-state index in [0.29, 0.717) is 11.8 Å². The maximum absolute atomic E-state index is 6.46. The summed E-state index contributed by atoms with van der Waals surface area (Å²) < 4.78 is 6.46. The van der Waals surface area contributed by atoms with Gasteiger partial charge < -0.3 is 10.1 Å². The third-order valence-electron chi connectivity index (χ3n) is 6.70. The van der Waals surface area contributed by atoms with Crippen LogP contribution < -0.4 is 5.32 Å². The highest BCUT2D eigenvalue weighted by Crippen LogP contribution is 2.61. The lowest BCUT2D eigenvalue weighted by Crippen LogP contribution is -2.66. The lowest BCUT2D eigenvalue weighted by molar-refractivity contribution is -0.547. The third kappa shape index (κ3) is 1.62. The molecule has 4 aliphatic carbocycles. The van der Waals surface area contributed by atoms with Crippen LogP contribution in [-0.2, 0) is 14.5 Å².